The molecule has 2 unspecified atom stereocenters. The lowest BCUT2D eigenvalue weighted by Gasteiger charge is -2.63. The van der Waals surface area contributed by atoms with E-state index >= 15 is 0 Å². The molecular formula is C16H27BrN4O. The number of carbonyl (C=O) groups excluding carboxylic acids is 1. The van der Waals surface area contributed by atoms with Crippen LogP contribution in [0.2, 0.25) is 0 Å². The van der Waals surface area contributed by atoms with E-state index in [1.54, 1.807) is 0 Å². The average Bonchev–Trinajstić information content (AvgIpc) is 2.45. The highest BCUT2D eigenvalue weighted by Crippen LogP contribution is 2.42. The molecule has 3 heterocycles. The number of hydrazine groups is 1. The number of alkyl halides is 1. The Morgan fingerprint density at radius 2 is 1.86 bits per heavy atom. The Kier molecular flexibility index (Phi) is 4.22. The molecule has 1 saturated carbocycles. The van der Waals surface area contributed by atoms with Gasteiger partial charge in [-0.2, -0.15) is 0 Å². The largest absolute Gasteiger partial charge is 0.302 e. The van der Waals surface area contributed by atoms with Crippen LogP contribution in [0.1, 0.15) is 32.1 Å². The monoisotopic (exact) mass is 370 g/mol. The zero-order valence-corrected chi connectivity index (χ0v) is 14.8. The van der Waals surface area contributed by atoms with E-state index < -0.39 is 0 Å². The Labute approximate surface area is 141 Å². The first-order valence-electron chi connectivity index (χ1n) is 8.78. The minimum Gasteiger partial charge on any atom is -0.302 e. The highest BCUT2D eigenvalue weighted by molar-refractivity contribution is 9.10. The van der Waals surface area contributed by atoms with Crippen molar-refractivity contribution in [3.05, 3.63) is 0 Å². The molecule has 22 heavy (non-hydrogen) atoms. The van der Waals surface area contributed by atoms with Gasteiger partial charge >= 0.3 is 0 Å². The minimum atomic E-state index is -0.0791. The molecule has 4 fully saturated rings. The maximum absolute atomic E-state index is 11.7. The minimum absolute atomic E-state index is 0.0599. The highest BCUT2D eigenvalue weighted by atomic mass is 79.9. The summed E-state index contributed by atoms with van der Waals surface area (Å²) in [6, 6.07) is 0.298. The zero-order chi connectivity index (χ0) is 15.2. The van der Waals surface area contributed by atoms with Crippen LogP contribution < -0.4 is 10.9 Å². The lowest BCUT2D eigenvalue weighted by molar-refractivity contribution is -0.143. The summed E-state index contributed by atoms with van der Waals surface area (Å²) in [5.41, 5.74) is 6.24. The molecule has 0 bridgehead atoms. The Morgan fingerprint density at radius 1 is 1.14 bits per heavy atom. The van der Waals surface area contributed by atoms with Crippen LogP contribution in [0.3, 0.4) is 0 Å². The van der Waals surface area contributed by atoms with Gasteiger partial charge in [-0.25, -0.2) is 5.43 Å². The SMILES string of the molecule is O=C1NNCC(N2CC3(CN(CC4CCCCC4)C3)C2)C1Br. The second-order valence-corrected chi connectivity index (χ2v) is 8.90. The van der Waals surface area contributed by atoms with Gasteiger partial charge in [0.1, 0.15) is 4.83 Å². The molecule has 2 atom stereocenters. The van der Waals surface area contributed by atoms with Crippen LogP contribution in [0, 0.1) is 11.3 Å². The number of hydrogen-bond donors (Lipinski definition) is 2. The predicted molar refractivity (Wildman–Crippen MR) is 89.7 cm³/mol. The van der Waals surface area contributed by atoms with Gasteiger partial charge in [0, 0.05) is 50.7 Å². The number of likely N-dealkylation sites (tertiary alicyclic amines) is 2. The molecule has 5 nitrogen and oxygen atoms in total. The summed E-state index contributed by atoms with van der Waals surface area (Å²) in [5.74, 6) is 1.02. The standard InChI is InChI=1S/C16H27BrN4O/c17-14-13(6-18-19-15(14)22)21-10-16(11-21)8-20(9-16)7-12-4-2-1-3-5-12/h12-14,18H,1-11H2,(H,19,22). The number of carbonyl (C=O) groups is 1. The highest BCUT2D eigenvalue weighted by Gasteiger charge is 2.54. The second-order valence-electron chi connectivity index (χ2n) is 7.92. The molecular weight excluding hydrogens is 344 g/mol. The van der Waals surface area contributed by atoms with Gasteiger partial charge in [-0.1, -0.05) is 35.2 Å². The number of amides is 1. The van der Waals surface area contributed by atoms with Crippen molar-refractivity contribution in [3.8, 4) is 0 Å². The molecule has 3 aliphatic heterocycles. The molecule has 4 rings (SSSR count). The number of hydrogen-bond acceptors (Lipinski definition) is 4. The quantitative estimate of drug-likeness (QED) is 0.726. The smallest absolute Gasteiger partial charge is 0.249 e. The van der Waals surface area contributed by atoms with Gasteiger partial charge in [0.25, 0.3) is 0 Å². The Hall–Kier alpha value is -0.170. The van der Waals surface area contributed by atoms with Crippen molar-refractivity contribution in [2.24, 2.45) is 11.3 Å². The van der Waals surface area contributed by atoms with Gasteiger partial charge in [0.15, 0.2) is 0 Å². The fourth-order valence-electron chi connectivity index (χ4n) is 4.92. The van der Waals surface area contributed by atoms with Gasteiger partial charge in [-0.3, -0.25) is 15.1 Å². The maximum Gasteiger partial charge on any atom is 0.249 e. The fraction of sp³-hybridized carbons (Fsp3) is 0.938. The number of nitrogens with zero attached hydrogens (tertiary/aromatic N) is 2. The summed E-state index contributed by atoms with van der Waals surface area (Å²) in [5, 5.41) is 0. The molecule has 0 aromatic rings. The average molecular weight is 371 g/mol. The van der Waals surface area contributed by atoms with E-state index in [0.29, 0.717) is 11.5 Å². The van der Waals surface area contributed by atoms with Crippen molar-refractivity contribution >= 4 is 21.8 Å². The summed E-state index contributed by atoms with van der Waals surface area (Å²) in [6.07, 6.45) is 7.24. The van der Waals surface area contributed by atoms with Crippen LogP contribution in [0.5, 0.6) is 0 Å². The van der Waals surface area contributed by atoms with Crippen LogP contribution in [0.15, 0.2) is 0 Å². The zero-order valence-electron chi connectivity index (χ0n) is 13.2. The Morgan fingerprint density at radius 3 is 2.59 bits per heavy atom. The third kappa shape index (κ3) is 2.83. The first kappa shape index (κ1) is 15.4. The molecule has 6 heteroatoms. The van der Waals surface area contributed by atoms with Gasteiger partial charge in [0.2, 0.25) is 5.91 Å². The van der Waals surface area contributed by atoms with E-state index in [1.807, 2.05) is 0 Å². The molecule has 2 N–H and O–H groups in total. The van der Waals surface area contributed by atoms with Crippen molar-refractivity contribution in [1.29, 1.82) is 0 Å². The van der Waals surface area contributed by atoms with Crippen molar-refractivity contribution in [1.82, 2.24) is 20.7 Å². The van der Waals surface area contributed by atoms with E-state index in [2.05, 4.69) is 36.6 Å². The number of halogens is 1. The van der Waals surface area contributed by atoms with Crippen molar-refractivity contribution in [2.75, 3.05) is 39.3 Å². The molecule has 0 radical (unpaired) electrons. The molecule has 0 aromatic carbocycles. The van der Waals surface area contributed by atoms with E-state index in [4.69, 9.17) is 0 Å². The summed E-state index contributed by atoms with van der Waals surface area (Å²) < 4.78 is 0. The lowest BCUT2D eigenvalue weighted by Crippen LogP contribution is -2.76. The predicted octanol–water partition coefficient (Wildman–Crippen LogP) is 0.951. The molecule has 124 valence electrons. The molecule has 3 saturated heterocycles. The van der Waals surface area contributed by atoms with E-state index in [-0.39, 0.29) is 10.7 Å². The van der Waals surface area contributed by atoms with Gasteiger partial charge < -0.3 is 4.90 Å². The summed E-state index contributed by atoms with van der Waals surface area (Å²) in [6.45, 7) is 7.05. The lowest BCUT2D eigenvalue weighted by atomic mass is 9.71. The molecule has 1 aliphatic carbocycles. The fourth-order valence-corrected chi connectivity index (χ4v) is 5.56. The summed E-state index contributed by atoms with van der Waals surface area (Å²) in [4.78, 5) is 16.8. The summed E-state index contributed by atoms with van der Waals surface area (Å²) in [7, 11) is 0. The topological polar surface area (TPSA) is 47.6 Å². The molecule has 1 amide bonds. The van der Waals surface area contributed by atoms with Crippen LogP contribution in [-0.2, 0) is 4.79 Å². The third-order valence-corrected chi connectivity index (χ3v) is 7.04. The molecule has 4 aliphatic rings. The van der Waals surface area contributed by atoms with Crippen LogP contribution in [0.4, 0.5) is 0 Å². The molecule has 1 spiro atoms. The van der Waals surface area contributed by atoms with Crippen LogP contribution >= 0.6 is 15.9 Å². The van der Waals surface area contributed by atoms with Gasteiger partial charge in [-0.05, 0) is 18.8 Å². The van der Waals surface area contributed by atoms with E-state index in [0.717, 1.165) is 25.6 Å². The van der Waals surface area contributed by atoms with Crippen molar-refractivity contribution in [2.45, 2.75) is 43.0 Å². The second kappa shape index (κ2) is 6.04. The van der Waals surface area contributed by atoms with E-state index in [9.17, 15) is 4.79 Å². The third-order valence-electron chi connectivity index (χ3n) is 6.02. The first-order chi connectivity index (χ1) is 10.7. The normalized spacial score (nSPS) is 36.7. The van der Waals surface area contributed by atoms with E-state index in [1.165, 1.54) is 51.7 Å². The Balaban J connectivity index is 1.22. The van der Waals surface area contributed by atoms with Crippen LogP contribution in [-0.4, -0.2) is 65.8 Å². The van der Waals surface area contributed by atoms with Gasteiger partial charge in [0.05, 0.1) is 0 Å². The molecule has 0 aromatic heterocycles. The van der Waals surface area contributed by atoms with Crippen molar-refractivity contribution < 1.29 is 4.79 Å². The number of nitrogens with one attached hydrogen (secondary N) is 2. The summed E-state index contributed by atoms with van der Waals surface area (Å²) >= 11 is 3.55. The van der Waals surface area contributed by atoms with Gasteiger partial charge in [-0.15, -0.1) is 0 Å². The first-order valence-corrected chi connectivity index (χ1v) is 9.70. The van der Waals surface area contributed by atoms with Crippen LogP contribution in [0.25, 0.3) is 0 Å². The Bertz CT molecular complexity index is 426. The van der Waals surface area contributed by atoms with Crippen molar-refractivity contribution in [3.63, 3.8) is 0 Å². The maximum atomic E-state index is 11.7. The number of rotatable bonds is 3.